The summed E-state index contributed by atoms with van der Waals surface area (Å²) < 4.78 is 38.4. The summed E-state index contributed by atoms with van der Waals surface area (Å²) in [7, 11) is 1.67. The van der Waals surface area contributed by atoms with Gasteiger partial charge in [-0.05, 0) is 18.2 Å². The molecule has 0 radical (unpaired) electrons. The van der Waals surface area contributed by atoms with Crippen LogP contribution < -0.4 is 5.32 Å². The topological polar surface area (TPSA) is 17.0 Å². The molecular weight excluding hydrogens is 253 g/mol. The molecule has 17 heavy (non-hydrogen) atoms. The van der Waals surface area contributed by atoms with E-state index in [4.69, 9.17) is 11.6 Å². The van der Waals surface area contributed by atoms with E-state index in [1.807, 2.05) is 0 Å². The molecule has 1 heterocycles. The maximum atomic E-state index is 12.4. The molecular formula is C11H10ClF3N2. The minimum Gasteiger partial charge on any atom is -0.386 e. The van der Waals surface area contributed by atoms with E-state index in [1.165, 1.54) is 12.3 Å². The first-order valence-electron chi connectivity index (χ1n) is 4.93. The number of alkyl halides is 3. The Balaban J connectivity index is 2.58. The van der Waals surface area contributed by atoms with Crippen LogP contribution in [-0.2, 0) is 6.54 Å². The fourth-order valence-corrected chi connectivity index (χ4v) is 1.95. The Bertz CT molecular complexity index is 545. The molecule has 0 spiro atoms. The molecule has 92 valence electrons. The summed E-state index contributed by atoms with van der Waals surface area (Å²) in [6.07, 6.45) is -2.81. The lowest BCUT2D eigenvalue weighted by molar-refractivity contribution is -0.139. The summed E-state index contributed by atoms with van der Waals surface area (Å²) in [6, 6.07) is 4.89. The predicted octanol–water partition coefficient (Wildman–Crippen LogP) is 3.90. The molecule has 0 saturated heterocycles. The lowest BCUT2D eigenvalue weighted by Crippen LogP contribution is -2.16. The van der Waals surface area contributed by atoms with E-state index in [9.17, 15) is 13.2 Å². The first-order chi connectivity index (χ1) is 7.90. The first-order valence-corrected chi connectivity index (χ1v) is 5.31. The van der Waals surface area contributed by atoms with E-state index >= 15 is 0 Å². The Kier molecular flexibility index (Phi) is 2.95. The Morgan fingerprint density at radius 2 is 2.06 bits per heavy atom. The average Bonchev–Trinajstić information content (AvgIpc) is 2.54. The van der Waals surface area contributed by atoms with Crippen LogP contribution in [0.5, 0.6) is 0 Å². The second kappa shape index (κ2) is 4.14. The predicted molar refractivity (Wildman–Crippen MR) is 62.5 cm³/mol. The fourth-order valence-electron chi connectivity index (χ4n) is 1.79. The number of rotatable bonds is 2. The van der Waals surface area contributed by atoms with Crippen molar-refractivity contribution in [1.29, 1.82) is 0 Å². The van der Waals surface area contributed by atoms with E-state index in [0.717, 1.165) is 9.95 Å². The molecule has 6 heteroatoms. The van der Waals surface area contributed by atoms with Gasteiger partial charge in [0.2, 0.25) is 0 Å². The summed E-state index contributed by atoms with van der Waals surface area (Å²) in [5, 5.41) is 4.01. The molecule has 1 aromatic carbocycles. The summed E-state index contributed by atoms with van der Waals surface area (Å²) in [6.45, 7) is -1.02. The highest BCUT2D eigenvalue weighted by molar-refractivity contribution is 6.31. The molecule has 0 aliphatic carbocycles. The van der Waals surface area contributed by atoms with Crippen LogP contribution in [0.2, 0.25) is 5.02 Å². The number of fused-ring (bicyclic) bond motifs is 1. The van der Waals surface area contributed by atoms with Crippen molar-refractivity contribution < 1.29 is 13.2 Å². The van der Waals surface area contributed by atoms with Gasteiger partial charge in [0, 0.05) is 23.7 Å². The zero-order valence-corrected chi connectivity index (χ0v) is 9.73. The number of anilines is 1. The molecule has 0 unspecified atom stereocenters. The Morgan fingerprint density at radius 3 is 2.65 bits per heavy atom. The number of nitrogens with zero attached hydrogens (tertiary/aromatic N) is 1. The van der Waals surface area contributed by atoms with Gasteiger partial charge in [0.15, 0.2) is 0 Å². The maximum Gasteiger partial charge on any atom is 0.406 e. The average molecular weight is 263 g/mol. The summed E-state index contributed by atoms with van der Waals surface area (Å²) >= 11 is 5.80. The Hall–Kier alpha value is -1.36. The molecule has 0 amide bonds. The van der Waals surface area contributed by atoms with Gasteiger partial charge < -0.3 is 9.88 Å². The summed E-state index contributed by atoms with van der Waals surface area (Å²) in [5.74, 6) is 0. The van der Waals surface area contributed by atoms with Crippen LogP contribution in [0.15, 0.2) is 24.4 Å². The van der Waals surface area contributed by atoms with Gasteiger partial charge in [-0.15, -0.1) is 0 Å². The minimum atomic E-state index is -4.25. The van der Waals surface area contributed by atoms with Crippen molar-refractivity contribution in [1.82, 2.24) is 4.57 Å². The van der Waals surface area contributed by atoms with Crippen molar-refractivity contribution in [2.45, 2.75) is 12.7 Å². The van der Waals surface area contributed by atoms with Gasteiger partial charge in [0.1, 0.15) is 6.54 Å². The highest BCUT2D eigenvalue weighted by Crippen LogP contribution is 2.30. The third-order valence-corrected chi connectivity index (χ3v) is 2.70. The third-order valence-electron chi connectivity index (χ3n) is 2.46. The molecule has 0 atom stereocenters. The zero-order valence-electron chi connectivity index (χ0n) is 8.98. The molecule has 1 N–H and O–H groups in total. The molecule has 0 bridgehead atoms. The van der Waals surface area contributed by atoms with E-state index in [1.54, 1.807) is 19.2 Å². The number of hydrogen-bond donors (Lipinski definition) is 1. The van der Waals surface area contributed by atoms with Crippen molar-refractivity contribution in [2.24, 2.45) is 0 Å². The number of halogens is 4. The van der Waals surface area contributed by atoms with Crippen molar-refractivity contribution in [2.75, 3.05) is 12.4 Å². The van der Waals surface area contributed by atoms with Gasteiger partial charge in [-0.25, -0.2) is 0 Å². The van der Waals surface area contributed by atoms with E-state index in [-0.39, 0.29) is 0 Å². The van der Waals surface area contributed by atoms with Crippen LogP contribution in [-0.4, -0.2) is 17.8 Å². The lowest BCUT2D eigenvalue weighted by atomic mass is 10.2. The van der Waals surface area contributed by atoms with Crippen molar-refractivity contribution in [3.8, 4) is 0 Å². The van der Waals surface area contributed by atoms with Crippen LogP contribution >= 0.6 is 11.6 Å². The number of hydrogen-bond acceptors (Lipinski definition) is 1. The zero-order chi connectivity index (χ0) is 12.6. The van der Waals surface area contributed by atoms with Gasteiger partial charge in [0.05, 0.1) is 11.2 Å². The molecule has 2 rings (SSSR count). The summed E-state index contributed by atoms with van der Waals surface area (Å²) in [4.78, 5) is 0. The third kappa shape index (κ3) is 2.49. The van der Waals surface area contributed by atoms with Crippen LogP contribution in [0.1, 0.15) is 0 Å². The summed E-state index contributed by atoms with van der Waals surface area (Å²) in [5.41, 5.74) is 1.13. The molecule has 2 aromatic rings. The highest BCUT2D eigenvalue weighted by Gasteiger charge is 2.28. The second-order valence-electron chi connectivity index (χ2n) is 3.70. The van der Waals surface area contributed by atoms with Gasteiger partial charge in [0.25, 0.3) is 0 Å². The quantitative estimate of drug-likeness (QED) is 0.869. The number of nitrogens with one attached hydrogen (secondary N) is 1. The van der Waals surface area contributed by atoms with E-state index < -0.39 is 12.7 Å². The monoisotopic (exact) mass is 262 g/mol. The lowest BCUT2D eigenvalue weighted by Gasteiger charge is -2.08. The minimum absolute atomic E-state index is 0.418. The number of benzene rings is 1. The van der Waals surface area contributed by atoms with E-state index in [2.05, 4.69) is 5.32 Å². The molecule has 0 aliphatic rings. The Morgan fingerprint density at radius 1 is 1.35 bits per heavy atom. The van der Waals surface area contributed by atoms with Gasteiger partial charge >= 0.3 is 6.18 Å². The van der Waals surface area contributed by atoms with Crippen LogP contribution in [0, 0.1) is 0 Å². The van der Waals surface area contributed by atoms with Crippen LogP contribution in [0.4, 0.5) is 18.9 Å². The molecule has 0 saturated carbocycles. The molecule has 0 fully saturated rings. The standard InChI is InChI=1S/C11H10ClF3N2/c1-16-9-5-17(6-11(13,14)15)10-4-7(12)2-3-8(9)10/h2-5,16H,6H2,1H3. The van der Waals surface area contributed by atoms with Crippen molar-refractivity contribution in [3.63, 3.8) is 0 Å². The SMILES string of the molecule is CNc1cn(CC(F)(F)F)c2cc(Cl)ccc12. The smallest absolute Gasteiger partial charge is 0.386 e. The highest BCUT2D eigenvalue weighted by atomic mass is 35.5. The van der Waals surface area contributed by atoms with Crippen molar-refractivity contribution >= 4 is 28.2 Å². The first kappa shape index (κ1) is 12.1. The van der Waals surface area contributed by atoms with Crippen molar-refractivity contribution in [3.05, 3.63) is 29.4 Å². The fraction of sp³-hybridized carbons (Fsp3) is 0.273. The van der Waals surface area contributed by atoms with Crippen LogP contribution in [0.25, 0.3) is 10.9 Å². The second-order valence-corrected chi connectivity index (χ2v) is 4.13. The van der Waals surface area contributed by atoms with Gasteiger partial charge in [-0.3, -0.25) is 0 Å². The largest absolute Gasteiger partial charge is 0.406 e. The van der Waals surface area contributed by atoms with Gasteiger partial charge in [-0.1, -0.05) is 11.6 Å². The molecule has 0 aliphatic heterocycles. The Labute approximate surface area is 101 Å². The number of aromatic nitrogens is 1. The normalized spacial score (nSPS) is 12.1. The van der Waals surface area contributed by atoms with Gasteiger partial charge in [-0.2, -0.15) is 13.2 Å². The molecule has 2 nitrogen and oxygen atoms in total. The molecule has 1 aromatic heterocycles. The van der Waals surface area contributed by atoms with Crippen LogP contribution in [0.3, 0.4) is 0 Å². The van der Waals surface area contributed by atoms with E-state index in [0.29, 0.717) is 16.2 Å². The maximum absolute atomic E-state index is 12.4.